The van der Waals surface area contributed by atoms with Gasteiger partial charge in [-0.2, -0.15) is 0 Å². The lowest BCUT2D eigenvalue weighted by Gasteiger charge is -2.23. The second-order valence-electron chi connectivity index (χ2n) is 3.16. The predicted molar refractivity (Wildman–Crippen MR) is 51.7 cm³/mol. The van der Waals surface area contributed by atoms with Crippen LogP contribution in [0.5, 0.6) is 0 Å². The molecule has 0 aromatic rings. The molecule has 0 N–H and O–H groups in total. The van der Waals surface area contributed by atoms with Crippen LogP contribution in [0.4, 0.5) is 0 Å². The summed E-state index contributed by atoms with van der Waals surface area (Å²) in [5.74, 6) is 0. The van der Waals surface area contributed by atoms with Crippen LogP contribution in [0.2, 0.25) is 0 Å². The Labute approximate surface area is 73.4 Å². The van der Waals surface area contributed by atoms with E-state index in [2.05, 4.69) is 48.4 Å². The van der Waals surface area contributed by atoms with Crippen LogP contribution in [0.1, 0.15) is 6.42 Å². The quantitative estimate of drug-likeness (QED) is 0.524. The summed E-state index contributed by atoms with van der Waals surface area (Å²) in [5.41, 5.74) is 2.67. The van der Waals surface area contributed by atoms with Gasteiger partial charge in [0.05, 0.1) is 0 Å². The van der Waals surface area contributed by atoms with Crippen LogP contribution >= 0.6 is 0 Å². The van der Waals surface area contributed by atoms with Gasteiger partial charge in [-0.1, -0.05) is 30.4 Å². The number of nitrogens with zero attached hydrogens (tertiary/aromatic N) is 1. The highest BCUT2D eigenvalue weighted by Gasteiger charge is 2.08. The minimum atomic E-state index is 1.02. The van der Waals surface area contributed by atoms with Crippen LogP contribution in [0.3, 0.4) is 0 Å². The molecule has 0 spiro atoms. The van der Waals surface area contributed by atoms with E-state index in [4.69, 9.17) is 0 Å². The van der Waals surface area contributed by atoms with Crippen molar-refractivity contribution >= 4 is 0 Å². The lowest BCUT2D eigenvalue weighted by Crippen LogP contribution is -2.20. The highest BCUT2D eigenvalue weighted by atomic mass is 15.1. The van der Waals surface area contributed by atoms with E-state index in [0.29, 0.717) is 0 Å². The zero-order valence-corrected chi connectivity index (χ0v) is 7.33. The maximum Gasteiger partial charge on any atom is 0.0436 e. The summed E-state index contributed by atoms with van der Waals surface area (Å²) in [5, 5.41) is 0. The SMILES string of the molecule is CN1CC=CC2=C1C=CCC=C2. The van der Waals surface area contributed by atoms with Gasteiger partial charge in [0.2, 0.25) is 0 Å². The highest BCUT2D eigenvalue weighted by molar-refractivity contribution is 5.44. The van der Waals surface area contributed by atoms with Crippen molar-refractivity contribution in [2.24, 2.45) is 0 Å². The fraction of sp³-hybridized carbons (Fsp3) is 0.273. The maximum absolute atomic E-state index is 2.27. The average molecular weight is 159 g/mol. The lowest BCUT2D eigenvalue weighted by atomic mass is 10.1. The molecule has 1 nitrogen and oxygen atoms in total. The molecule has 1 aliphatic heterocycles. The first kappa shape index (κ1) is 7.41. The molecule has 0 atom stereocenters. The Morgan fingerprint density at radius 3 is 2.75 bits per heavy atom. The normalized spacial score (nSPS) is 21.2. The molecule has 0 aromatic heterocycles. The van der Waals surface area contributed by atoms with Crippen LogP contribution in [-0.2, 0) is 0 Å². The van der Waals surface area contributed by atoms with Crippen molar-refractivity contribution in [3.05, 3.63) is 47.7 Å². The summed E-state index contributed by atoms with van der Waals surface area (Å²) in [7, 11) is 2.13. The number of hydrogen-bond acceptors (Lipinski definition) is 1. The van der Waals surface area contributed by atoms with Crippen LogP contribution in [-0.4, -0.2) is 18.5 Å². The second kappa shape index (κ2) is 3.02. The summed E-state index contributed by atoms with van der Waals surface area (Å²) in [6.45, 7) is 1.02. The second-order valence-corrected chi connectivity index (χ2v) is 3.16. The average Bonchev–Trinajstić information content (AvgIpc) is 2.30. The summed E-state index contributed by atoms with van der Waals surface area (Å²) < 4.78 is 0. The molecule has 1 heterocycles. The van der Waals surface area contributed by atoms with Gasteiger partial charge in [0, 0.05) is 19.3 Å². The minimum absolute atomic E-state index is 1.02. The molecule has 0 saturated heterocycles. The van der Waals surface area contributed by atoms with Crippen molar-refractivity contribution in [3.8, 4) is 0 Å². The van der Waals surface area contributed by atoms with Crippen molar-refractivity contribution < 1.29 is 0 Å². The molecule has 0 radical (unpaired) electrons. The molecule has 0 amide bonds. The van der Waals surface area contributed by atoms with Crippen molar-refractivity contribution in [2.45, 2.75) is 6.42 Å². The first-order chi connectivity index (χ1) is 5.88. The van der Waals surface area contributed by atoms with Crippen molar-refractivity contribution in [2.75, 3.05) is 13.6 Å². The minimum Gasteiger partial charge on any atom is -0.370 e. The first-order valence-electron chi connectivity index (χ1n) is 4.33. The van der Waals surface area contributed by atoms with Gasteiger partial charge in [-0.3, -0.25) is 0 Å². The molecule has 12 heavy (non-hydrogen) atoms. The Kier molecular flexibility index (Phi) is 1.86. The third-order valence-corrected chi connectivity index (χ3v) is 2.23. The van der Waals surface area contributed by atoms with Crippen molar-refractivity contribution in [1.82, 2.24) is 4.90 Å². The first-order valence-corrected chi connectivity index (χ1v) is 4.33. The van der Waals surface area contributed by atoms with Gasteiger partial charge >= 0.3 is 0 Å². The Morgan fingerprint density at radius 1 is 1.08 bits per heavy atom. The van der Waals surface area contributed by atoms with Gasteiger partial charge in [0.15, 0.2) is 0 Å². The number of allylic oxidation sites excluding steroid dienone is 6. The smallest absolute Gasteiger partial charge is 0.0436 e. The fourth-order valence-corrected chi connectivity index (χ4v) is 1.56. The largest absolute Gasteiger partial charge is 0.370 e. The number of hydrogen-bond donors (Lipinski definition) is 0. The van der Waals surface area contributed by atoms with Gasteiger partial charge in [-0.25, -0.2) is 0 Å². The van der Waals surface area contributed by atoms with Gasteiger partial charge in [-0.05, 0) is 18.1 Å². The van der Waals surface area contributed by atoms with E-state index in [1.807, 2.05) is 0 Å². The van der Waals surface area contributed by atoms with E-state index >= 15 is 0 Å². The monoisotopic (exact) mass is 159 g/mol. The molecule has 0 aromatic carbocycles. The van der Waals surface area contributed by atoms with Crippen LogP contribution in [0.15, 0.2) is 47.7 Å². The molecule has 0 bridgehead atoms. The predicted octanol–water partition coefficient (Wildman–Crippen LogP) is 2.26. The Balaban J connectivity index is 2.43. The van der Waals surface area contributed by atoms with Gasteiger partial charge in [-0.15, -0.1) is 0 Å². The van der Waals surface area contributed by atoms with Gasteiger partial charge in [0.25, 0.3) is 0 Å². The molecule has 0 unspecified atom stereocenters. The molecule has 0 fully saturated rings. The van der Waals surface area contributed by atoms with E-state index in [0.717, 1.165) is 13.0 Å². The maximum atomic E-state index is 2.27. The van der Waals surface area contributed by atoms with E-state index in [1.165, 1.54) is 11.3 Å². The molecule has 0 saturated carbocycles. The van der Waals surface area contributed by atoms with E-state index in [1.54, 1.807) is 0 Å². The van der Waals surface area contributed by atoms with Crippen molar-refractivity contribution in [3.63, 3.8) is 0 Å². The Bertz CT molecular complexity index is 292. The summed E-state index contributed by atoms with van der Waals surface area (Å²) >= 11 is 0. The van der Waals surface area contributed by atoms with Crippen LogP contribution in [0.25, 0.3) is 0 Å². The zero-order chi connectivity index (χ0) is 8.39. The number of likely N-dealkylation sites (N-methyl/N-ethyl adjacent to an activating group) is 1. The molecule has 62 valence electrons. The standard InChI is InChI=1S/C11H13N/c1-12-9-5-7-10-6-3-2-4-8-11(10)12/h3-8H,2,9H2,1H3. The third-order valence-electron chi connectivity index (χ3n) is 2.23. The third kappa shape index (κ3) is 1.22. The molecular formula is C11H13N. The van der Waals surface area contributed by atoms with E-state index in [9.17, 15) is 0 Å². The van der Waals surface area contributed by atoms with E-state index in [-0.39, 0.29) is 0 Å². The lowest BCUT2D eigenvalue weighted by molar-refractivity contribution is 0.471. The zero-order valence-electron chi connectivity index (χ0n) is 7.33. The molecule has 2 aliphatic rings. The van der Waals surface area contributed by atoms with Crippen LogP contribution in [0, 0.1) is 0 Å². The van der Waals surface area contributed by atoms with Crippen LogP contribution < -0.4 is 0 Å². The molecule has 1 heteroatoms. The topological polar surface area (TPSA) is 3.24 Å². The van der Waals surface area contributed by atoms with Gasteiger partial charge in [0.1, 0.15) is 0 Å². The molecular weight excluding hydrogens is 146 g/mol. The summed E-state index contributed by atoms with van der Waals surface area (Å²) in [6.07, 6.45) is 14.2. The fourth-order valence-electron chi connectivity index (χ4n) is 1.56. The summed E-state index contributed by atoms with van der Waals surface area (Å²) in [6, 6.07) is 0. The number of rotatable bonds is 0. The van der Waals surface area contributed by atoms with Gasteiger partial charge < -0.3 is 4.90 Å². The summed E-state index contributed by atoms with van der Waals surface area (Å²) in [4.78, 5) is 2.27. The Morgan fingerprint density at radius 2 is 1.83 bits per heavy atom. The molecule has 2 rings (SSSR count). The van der Waals surface area contributed by atoms with E-state index < -0.39 is 0 Å². The molecule has 1 aliphatic carbocycles. The van der Waals surface area contributed by atoms with Crippen molar-refractivity contribution in [1.29, 1.82) is 0 Å². The Hall–Kier alpha value is -1.24. The highest BCUT2D eigenvalue weighted by Crippen LogP contribution is 2.20.